The Labute approximate surface area is 175 Å². The van der Waals surface area contributed by atoms with Gasteiger partial charge in [0, 0.05) is 35.2 Å². The van der Waals surface area contributed by atoms with E-state index in [0.717, 1.165) is 42.8 Å². The first-order valence-corrected chi connectivity index (χ1v) is 10.3. The van der Waals surface area contributed by atoms with Crippen molar-refractivity contribution in [2.24, 2.45) is 0 Å². The molecule has 0 atom stereocenters. The molecule has 0 bridgehead atoms. The summed E-state index contributed by atoms with van der Waals surface area (Å²) in [5.41, 5.74) is 3.32. The van der Waals surface area contributed by atoms with Crippen LogP contribution in [-0.2, 0) is 16.1 Å². The zero-order chi connectivity index (χ0) is 20.2. The molecule has 2 heterocycles. The third-order valence-electron chi connectivity index (χ3n) is 5.65. The van der Waals surface area contributed by atoms with Crippen molar-refractivity contribution in [3.63, 3.8) is 0 Å². The van der Waals surface area contributed by atoms with E-state index in [1.54, 1.807) is 7.11 Å². The molecule has 1 aliphatic heterocycles. The number of methoxy groups -OCH3 is 1. The van der Waals surface area contributed by atoms with Gasteiger partial charge >= 0.3 is 0 Å². The first-order chi connectivity index (χ1) is 14.2. The number of H-pyrrole nitrogens is 1. The second-order valence-corrected chi connectivity index (χ2v) is 7.80. The molecule has 1 amide bonds. The van der Waals surface area contributed by atoms with Gasteiger partial charge < -0.3 is 19.4 Å². The summed E-state index contributed by atoms with van der Waals surface area (Å²) in [6.07, 6.45) is 3.99. The molecule has 29 heavy (non-hydrogen) atoms. The first-order valence-electron chi connectivity index (χ1n) is 9.89. The Balaban J connectivity index is 1.31. The van der Waals surface area contributed by atoms with E-state index in [0.29, 0.717) is 17.5 Å². The summed E-state index contributed by atoms with van der Waals surface area (Å²) in [4.78, 5) is 17.8. The van der Waals surface area contributed by atoms with Crippen LogP contribution in [0.2, 0.25) is 5.02 Å². The normalized spacial score (nSPS) is 15.0. The number of fused-ring (bicyclic) bond motifs is 1. The fraction of sp³-hybridized carbons (Fsp3) is 0.348. The minimum Gasteiger partial charge on any atom is -0.497 e. The number of hydrogen-bond acceptors (Lipinski definition) is 3. The molecule has 152 valence electrons. The van der Waals surface area contributed by atoms with E-state index in [1.807, 2.05) is 41.3 Å². The first kappa shape index (κ1) is 19.8. The Morgan fingerprint density at radius 2 is 2.00 bits per heavy atom. The lowest BCUT2D eigenvalue weighted by Gasteiger charge is -2.32. The molecule has 5 nitrogen and oxygen atoms in total. The molecule has 0 unspecified atom stereocenters. The number of halogens is 1. The maximum absolute atomic E-state index is 12.5. The number of carbonyl (C=O) groups is 1. The average Bonchev–Trinajstić information content (AvgIpc) is 3.18. The third-order valence-corrected chi connectivity index (χ3v) is 6.02. The number of hydrogen-bond donors (Lipinski definition) is 1. The highest BCUT2D eigenvalue weighted by Gasteiger charge is 2.25. The number of likely N-dealkylation sites (tertiary alicyclic amines) is 1. The van der Waals surface area contributed by atoms with Crippen LogP contribution in [0.1, 0.15) is 29.9 Å². The van der Waals surface area contributed by atoms with Gasteiger partial charge in [-0.15, -0.1) is 0 Å². The highest BCUT2D eigenvalue weighted by Crippen LogP contribution is 2.34. The van der Waals surface area contributed by atoms with Crippen LogP contribution in [0, 0.1) is 0 Å². The maximum Gasteiger partial charge on any atom is 0.248 e. The van der Waals surface area contributed by atoms with Crippen molar-refractivity contribution in [1.82, 2.24) is 9.88 Å². The van der Waals surface area contributed by atoms with E-state index in [-0.39, 0.29) is 12.5 Å². The Bertz CT molecular complexity index is 993. The summed E-state index contributed by atoms with van der Waals surface area (Å²) in [6, 6.07) is 13.6. The summed E-state index contributed by atoms with van der Waals surface area (Å²) in [5.74, 6) is 1.33. The van der Waals surface area contributed by atoms with E-state index >= 15 is 0 Å². The molecule has 0 spiro atoms. The lowest BCUT2D eigenvalue weighted by molar-refractivity contribution is -0.137. The predicted molar refractivity (Wildman–Crippen MR) is 115 cm³/mol. The molecular weight excluding hydrogens is 388 g/mol. The third kappa shape index (κ3) is 4.41. The van der Waals surface area contributed by atoms with E-state index in [2.05, 4.69) is 17.2 Å². The van der Waals surface area contributed by atoms with Crippen molar-refractivity contribution >= 4 is 28.4 Å². The number of aromatic nitrogens is 1. The van der Waals surface area contributed by atoms with Gasteiger partial charge in [-0.3, -0.25) is 4.79 Å². The second-order valence-electron chi connectivity index (χ2n) is 7.39. The zero-order valence-corrected chi connectivity index (χ0v) is 17.2. The van der Waals surface area contributed by atoms with Crippen molar-refractivity contribution in [3.05, 3.63) is 64.8 Å². The second kappa shape index (κ2) is 8.89. The summed E-state index contributed by atoms with van der Waals surface area (Å²) in [5, 5.41) is 1.87. The predicted octanol–water partition coefficient (Wildman–Crippen LogP) is 4.75. The standard InChI is InChI=1S/C23H25ClN2O3/c1-28-18-6-7-22-19(12-18)20(13-25-22)16-8-10-26(11-9-16)23(27)15-29-14-17-4-2-3-5-21(17)24/h2-7,12-13,16,25H,8-11,14-15H2,1H3. The van der Waals surface area contributed by atoms with Gasteiger partial charge in [-0.25, -0.2) is 0 Å². The fourth-order valence-corrected chi connectivity index (χ4v) is 4.17. The topological polar surface area (TPSA) is 54.6 Å². The molecule has 3 aromatic rings. The number of ether oxygens (including phenoxy) is 2. The van der Waals surface area contributed by atoms with Gasteiger partial charge in [0.1, 0.15) is 12.4 Å². The average molecular weight is 413 g/mol. The molecule has 1 fully saturated rings. The number of piperidine rings is 1. The molecule has 1 aliphatic rings. The largest absolute Gasteiger partial charge is 0.497 e. The van der Waals surface area contributed by atoms with Crippen LogP contribution < -0.4 is 4.74 Å². The number of carbonyl (C=O) groups excluding carboxylic acids is 1. The molecule has 1 aromatic heterocycles. The van der Waals surface area contributed by atoms with E-state index < -0.39 is 0 Å². The number of benzene rings is 2. The lowest BCUT2D eigenvalue weighted by Crippen LogP contribution is -2.39. The molecule has 6 heteroatoms. The molecule has 1 N–H and O–H groups in total. The van der Waals surface area contributed by atoms with Crippen molar-refractivity contribution < 1.29 is 14.3 Å². The fourth-order valence-electron chi connectivity index (χ4n) is 3.98. The molecular formula is C23H25ClN2O3. The van der Waals surface area contributed by atoms with Gasteiger partial charge in [0.15, 0.2) is 0 Å². The monoisotopic (exact) mass is 412 g/mol. The van der Waals surface area contributed by atoms with Crippen LogP contribution in [0.3, 0.4) is 0 Å². The number of rotatable bonds is 6. The van der Waals surface area contributed by atoms with Gasteiger partial charge in [-0.2, -0.15) is 0 Å². The summed E-state index contributed by atoms with van der Waals surface area (Å²) in [7, 11) is 1.69. The van der Waals surface area contributed by atoms with E-state index in [4.69, 9.17) is 21.1 Å². The molecule has 0 aliphatic carbocycles. The van der Waals surface area contributed by atoms with Crippen molar-refractivity contribution in [2.45, 2.75) is 25.4 Å². The molecule has 2 aromatic carbocycles. The quantitative estimate of drug-likeness (QED) is 0.635. The molecule has 1 saturated heterocycles. The number of nitrogens with one attached hydrogen (secondary N) is 1. The zero-order valence-electron chi connectivity index (χ0n) is 16.5. The SMILES string of the molecule is COc1ccc2[nH]cc(C3CCN(C(=O)COCc4ccccc4Cl)CC3)c2c1. The van der Waals surface area contributed by atoms with Crippen molar-refractivity contribution in [2.75, 3.05) is 26.8 Å². The van der Waals surface area contributed by atoms with Gasteiger partial charge in [0.05, 0.1) is 13.7 Å². The summed E-state index contributed by atoms with van der Waals surface area (Å²) in [6.45, 7) is 1.92. The van der Waals surface area contributed by atoms with Crippen LogP contribution in [0.5, 0.6) is 5.75 Å². The van der Waals surface area contributed by atoms with E-state index in [1.165, 1.54) is 10.9 Å². The van der Waals surface area contributed by atoms with Crippen molar-refractivity contribution in [3.8, 4) is 5.75 Å². The van der Waals surface area contributed by atoms with Crippen LogP contribution in [-0.4, -0.2) is 42.6 Å². The van der Waals surface area contributed by atoms with Gasteiger partial charge in [0.25, 0.3) is 0 Å². The summed E-state index contributed by atoms with van der Waals surface area (Å²) >= 11 is 6.13. The van der Waals surface area contributed by atoms with Gasteiger partial charge in [-0.05, 0) is 54.2 Å². The minimum atomic E-state index is 0.0381. The molecule has 0 saturated carbocycles. The molecule has 4 rings (SSSR count). The lowest BCUT2D eigenvalue weighted by atomic mass is 9.89. The Morgan fingerprint density at radius 3 is 2.76 bits per heavy atom. The van der Waals surface area contributed by atoms with Crippen LogP contribution in [0.25, 0.3) is 10.9 Å². The Morgan fingerprint density at radius 1 is 1.21 bits per heavy atom. The number of nitrogens with zero attached hydrogens (tertiary/aromatic N) is 1. The number of aromatic amines is 1. The maximum atomic E-state index is 12.5. The smallest absolute Gasteiger partial charge is 0.248 e. The Hall–Kier alpha value is -2.50. The van der Waals surface area contributed by atoms with E-state index in [9.17, 15) is 4.79 Å². The molecule has 0 radical (unpaired) electrons. The van der Waals surface area contributed by atoms with Crippen LogP contribution in [0.4, 0.5) is 0 Å². The minimum absolute atomic E-state index is 0.0381. The van der Waals surface area contributed by atoms with Crippen LogP contribution >= 0.6 is 11.6 Å². The van der Waals surface area contributed by atoms with Gasteiger partial charge in [0.2, 0.25) is 5.91 Å². The number of amides is 1. The Kier molecular flexibility index (Phi) is 6.07. The van der Waals surface area contributed by atoms with Crippen molar-refractivity contribution in [1.29, 1.82) is 0 Å². The highest BCUT2D eigenvalue weighted by molar-refractivity contribution is 6.31. The highest BCUT2D eigenvalue weighted by atomic mass is 35.5. The van der Waals surface area contributed by atoms with Crippen LogP contribution in [0.15, 0.2) is 48.7 Å². The summed E-state index contributed by atoms with van der Waals surface area (Å²) < 4.78 is 11.0. The van der Waals surface area contributed by atoms with Gasteiger partial charge in [-0.1, -0.05) is 29.8 Å².